The number of fused-ring (bicyclic) bond motifs is 2. The van der Waals surface area contributed by atoms with Crippen molar-refractivity contribution in [2.24, 2.45) is 5.92 Å². The molecule has 1 fully saturated rings. The lowest BCUT2D eigenvalue weighted by molar-refractivity contribution is -0.132. The minimum absolute atomic E-state index is 0.311. The van der Waals surface area contributed by atoms with Gasteiger partial charge in [-0.15, -0.1) is 23.5 Å². The minimum Gasteiger partial charge on any atom is -0.497 e. The molecule has 3 heterocycles. The summed E-state index contributed by atoms with van der Waals surface area (Å²) in [6, 6.07) is 23.8. The molecule has 0 aromatic heterocycles. The van der Waals surface area contributed by atoms with Crippen molar-refractivity contribution in [2.45, 2.75) is 55.5 Å². The van der Waals surface area contributed by atoms with Crippen LogP contribution < -0.4 is 4.74 Å². The van der Waals surface area contributed by atoms with E-state index < -0.39 is 0 Å². The van der Waals surface area contributed by atoms with E-state index in [1.165, 1.54) is 57.1 Å². The molecule has 0 unspecified atom stereocenters. The first-order valence-electron chi connectivity index (χ1n) is 15.7. The van der Waals surface area contributed by atoms with Crippen LogP contribution in [0.1, 0.15) is 41.5 Å². The van der Waals surface area contributed by atoms with Crippen molar-refractivity contribution < 1.29 is 9.53 Å². The van der Waals surface area contributed by atoms with Gasteiger partial charge in [0.05, 0.1) is 7.11 Å². The summed E-state index contributed by atoms with van der Waals surface area (Å²) < 4.78 is 5.23. The van der Waals surface area contributed by atoms with Gasteiger partial charge in [-0.3, -0.25) is 4.79 Å². The lowest BCUT2D eigenvalue weighted by atomic mass is 9.90. The molecule has 6 rings (SSSR count). The van der Waals surface area contributed by atoms with Gasteiger partial charge in [0.2, 0.25) is 5.91 Å². The number of hydrogen-bond acceptors (Lipinski definition) is 6. The van der Waals surface area contributed by atoms with Crippen molar-refractivity contribution >= 4 is 29.4 Å². The van der Waals surface area contributed by atoms with Crippen LogP contribution in [0.4, 0.5) is 0 Å². The Morgan fingerprint density at radius 2 is 1.56 bits per heavy atom. The second-order valence-corrected chi connectivity index (χ2v) is 14.3. The molecule has 0 bridgehead atoms. The van der Waals surface area contributed by atoms with Gasteiger partial charge < -0.3 is 19.4 Å². The van der Waals surface area contributed by atoms with Crippen LogP contribution in [-0.4, -0.2) is 79.0 Å². The number of thioether (sulfide) groups is 2. The van der Waals surface area contributed by atoms with Crippen LogP contribution in [0.25, 0.3) is 0 Å². The normalized spacial score (nSPS) is 18.0. The summed E-state index contributed by atoms with van der Waals surface area (Å²) in [5, 5.41) is 0. The van der Waals surface area contributed by atoms with E-state index in [1.54, 1.807) is 7.11 Å². The molecule has 0 radical (unpaired) electrons. The number of likely N-dealkylation sites (tertiary alicyclic amines) is 1. The summed E-state index contributed by atoms with van der Waals surface area (Å²) in [6.07, 6.45) is 4.33. The molecule has 230 valence electrons. The van der Waals surface area contributed by atoms with Crippen molar-refractivity contribution in [3.05, 3.63) is 89.0 Å². The first-order valence-corrected chi connectivity index (χ1v) is 17.7. The Kier molecular flexibility index (Phi) is 11.9. The molecule has 1 amide bonds. The van der Waals surface area contributed by atoms with Crippen LogP contribution in [-0.2, 0) is 24.3 Å². The Bertz CT molecular complexity index is 1330. The molecule has 3 aliphatic heterocycles. The number of nitrogens with zero attached hydrogens (tertiary/aromatic N) is 3. The van der Waals surface area contributed by atoms with Crippen LogP contribution in [0.2, 0.25) is 0 Å². The summed E-state index contributed by atoms with van der Waals surface area (Å²) in [6.45, 7) is 9.09. The fourth-order valence-electron chi connectivity index (χ4n) is 6.14. The fraction of sp³-hybridized carbons (Fsp3) is 0.472. The molecule has 3 aromatic carbocycles. The van der Waals surface area contributed by atoms with Crippen LogP contribution >= 0.6 is 23.5 Å². The number of ether oxygens (including phenoxy) is 1. The highest BCUT2D eigenvalue weighted by atomic mass is 32.2. The zero-order valence-electron chi connectivity index (χ0n) is 26.1. The standard InChI is InChI=1S/C25H32N2OS.C11H15NOS/c1-20-7-8-24-23(17-20)19-27(15-16-29-24)25(28)11-14-26-12-9-22(10-13-26)18-21-5-3-2-4-6-21;1-12-5-6-14-11-4-3-10(13-2)7-9(11)8-12/h2-8,17,22H,9-16,18-19H2,1H3;3-4,7H,5-6,8H2,1-2H3. The first-order chi connectivity index (χ1) is 21.0. The Balaban J connectivity index is 0.000000220. The molecule has 43 heavy (non-hydrogen) atoms. The Hall–Kier alpha value is -2.45. The van der Waals surface area contributed by atoms with E-state index in [2.05, 4.69) is 89.3 Å². The number of methoxy groups -OCH3 is 1. The first kappa shape index (κ1) is 32.0. The van der Waals surface area contributed by atoms with E-state index in [-0.39, 0.29) is 0 Å². The number of amides is 1. The number of rotatable bonds is 6. The summed E-state index contributed by atoms with van der Waals surface area (Å²) in [5.74, 6) is 4.22. The molecule has 7 heteroatoms. The van der Waals surface area contributed by atoms with Crippen molar-refractivity contribution in [3.63, 3.8) is 0 Å². The Morgan fingerprint density at radius 3 is 2.30 bits per heavy atom. The van der Waals surface area contributed by atoms with Crippen molar-refractivity contribution in [2.75, 3.05) is 58.4 Å². The quantitative estimate of drug-likeness (QED) is 0.296. The summed E-state index contributed by atoms with van der Waals surface area (Å²) >= 11 is 3.82. The number of benzene rings is 3. The van der Waals surface area contributed by atoms with E-state index in [4.69, 9.17) is 4.74 Å². The molecule has 3 aromatic rings. The van der Waals surface area contributed by atoms with Gasteiger partial charge in [0, 0.05) is 60.4 Å². The highest BCUT2D eigenvalue weighted by molar-refractivity contribution is 7.99. The van der Waals surface area contributed by atoms with Gasteiger partial charge in [0.1, 0.15) is 5.75 Å². The summed E-state index contributed by atoms with van der Waals surface area (Å²) in [7, 11) is 3.88. The third-order valence-corrected chi connectivity index (χ3v) is 10.9. The van der Waals surface area contributed by atoms with Gasteiger partial charge in [-0.05, 0) is 93.2 Å². The lowest BCUT2D eigenvalue weighted by Crippen LogP contribution is -2.38. The molecular weight excluding hydrogens is 571 g/mol. The van der Waals surface area contributed by atoms with Gasteiger partial charge in [-0.2, -0.15) is 0 Å². The van der Waals surface area contributed by atoms with Gasteiger partial charge in [0.25, 0.3) is 0 Å². The molecule has 3 aliphatic rings. The highest BCUT2D eigenvalue weighted by Crippen LogP contribution is 2.30. The molecule has 0 aliphatic carbocycles. The second kappa shape index (κ2) is 16.0. The van der Waals surface area contributed by atoms with Crippen LogP contribution in [0, 0.1) is 12.8 Å². The SMILES string of the molecule is COc1ccc2c(c1)CN(C)CCS2.Cc1ccc2c(c1)CN(C(=O)CCN1CCC(Cc3ccccc3)CC1)CCS2. The van der Waals surface area contributed by atoms with Crippen LogP contribution in [0.3, 0.4) is 0 Å². The van der Waals surface area contributed by atoms with Gasteiger partial charge >= 0.3 is 0 Å². The molecule has 0 saturated carbocycles. The third-order valence-electron chi connectivity index (χ3n) is 8.70. The van der Waals surface area contributed by atoms with Crippen LogP contribution in [0.15, 0.2) is 76.5 Å². The Morgan fingerprint density at radius 1 is 0.860 bits per heavy atom. The molecule has 0 N–H and O–H groups in total. The van der Waals surface area contributed by atoms with Crippen molar-refractivity contribution in [1.82, 2.24) is 14.7 Å². The number of carbonyl (C=O) groups is 1. The van der Waals surface area contributed by atoms with Crippen molar-refractivity contribution in [1.29, 1.82) is 0 Å². The minimum atomic E-state index is 0.311. The van der Waals surface area contributed by atoms with Crippen molar-refractivity contribution in [3.8, 4) is 5.75 Å². The maximum Gasteiger partial charge on any atom is 0.224 e. The molecule has 5 nitrogen and oxygen atoms in total. The van der Waals surface area contributed by atoms with E-state index in [0.717, 1.165) is 63.2 Å². The van der Waals surface area contributed by atoms with Gasteiger partial charge in [-0.1, -0.05) is 48.0 Å². The smallest absolute Gasteiger partial charge is 0.224 e. The third kappa shape index (κ3) is 9.52. The predicted molar refractivity (Wildman–Crippen MR) is 181 cm³/mol. The summed E-state index contributed by atoms with van der Waals surface area (Å²) in [5.41, 5.74) is 5.42. The summed E-state index contributed by atoms with van der Waals surface area (Å²) in [4.78, 5) is 22.5. The predicted octanol–water partition coefficient (Wildman–Crippen LogP) is 7.01. The van der Waals surface area contributed by atoms with E-state index in [9.17, 15) is 4.79 Å². The fourth-order valence-corrected chi connectivity index (χ4v) is 8.24. The lowest BCUT2D eigenvalue weighted by Gasteiger charge is -2.32. The highest BCUT2D eigenvalue weighted by Gasteiger charge is 2.23. The monoisotopic (exact) mass is 617 g/mol. The molecule has 0 spiro atoms. The van der Waals surface area contributed by atoms with Gasteiger partial charge in [-0.25, -0.2) is 0 Å². The number of hydrogen-bond donors (Lipinski definition) is 0. The molecular formula is C36H47N3O2S2. The molecule has 1 saturated heterocycles. The zero-order valence-corrected chi connectivity index (χ0v) is 27.7. The topological polar surface area (TPSA) is 36.0 Å². The van der Waals surface area contributed by atoms with Crippen LogP contribution in [0.5, 0.6) is 5.75 Å². The second-order valence-electron chi connectivity index (χ2n) is 12.1. The van der Waals surface area contributed by atoms with E-state index in [1.807, 2.05) is 29.6 Å². The average Bonchev–Trinajstić information content (AvgIpc) is 3.35. The van der Waals surface area contributed by atoms with E-state index in [0.29, 0.717) is 12.3 Å². The van der Waals surface area contributed by atoms with Gasteiger partial charge in [0.15, 0.2) is 0 Å². The largest absolute Gasteiger partial charge is 0.497 e. The number of piperidine rings is 1. The zero-order chi connectivity index (χ0) is 30.0. The molecule has 0 atom stereocenters. The maximum atomic E-state index is 12.9. The average molecular weight is 618 g/mol. The maximum absolute atomic E-state index is 12.9. The number of carbonyl (C=O) groups excluding carboxylic acids is 1. The van der Waals surface area contributed by atoms with E-state index >= 15 is 0 Å². The number of aryl methyl sites for hydroxylation is 1. The Labute approximate surface area is 267 Å².